The molecule has 0 saturated heterocycles. The van der Waals surface area contributed by atoms with Gasteiger partial charge in [-0.15, -0.1) is 0 Å². The smallest absolute Gasteiger partial charge is 0.457 e. The van der Waals surface area contributed by atoms with Crippen LogP contribution in [0.2, 0.25) is 0 Å². The van der Waals surface area contributed by atoms with Gasteiger partial charge in [0.15, 0.2) is 0 Å². The van der Waals surface area contributed by atoms with Crippen LogP contribution < -0.4 is 0 Å². The summed E-state index contributed by atoms with van der Waals surface area (Å²) in [4.78, 5) is 22.7. The van der Waals surface area contributed by atoms with E-state index < -0.39 is 39.2 Å². The number of rotatable bonds is 47. The average molecular weight is 857 g/mol. The molecule has 59 heavy (non-hydrogen) atoms. The number of phosphoric ester groups is 1. The number of hydrogen-bond acceptors (Lipinski definition) is 8. The topological polar surface area (TPSA) is 132 Å². The van der Waals surface area contributed by atoms with E-state index in [1.165, 1.54) is 148 Å². The standard InChI is InChI=1S/C49H93O9P/c1-3-5-7-9-11-13-15-17-19-21-23-25-27-29-31-33-35-37-39-41-49(52)58-48(46-57-59(53,54)56-44-47(51)43-50)45-55-42-40-38-36-34-32-30-28-26-24-22-20-18-16-14-12-10-8-6-4-2/h11,13,17,19,23,25,47-48,50-51H,3-10,12,14-16,18,20-22,24,26-46H2,1-2H3,(H,53,54)/b13-11-,19-17-,25-23-. The summed E-state index contributed by atoms with van der Waals surface area (Å²) >= 11 is 0. The normalized spacial score (nSPS) is 14.2. The van der Waals surface area contributed by atoms with Crippen LogP contribution >= 0.6 is 7.82 Å². The largest absolute Gasteiger partial charge is 0.472 e. The van der Waals surface area contributed by atoms with Crippen LogP contribution in [0.1, 0.15) is 226 Å². The fourth-order valence-corrected chi connectivity index (χ4v) is 7.62. The number of phosphoric acid groups is 1. The van der Waals surface area contributed by atoms with E-state index in [4.69, 9.17) is 23.6 Å². The Balaban J connectivity index is 4.11. The molecular formula is C49H93O9P. The SMILES string of the molecule is CCCCC/C=C\C/C=C\C/C=C\CCCCCCCCC(=O)OC(COCCCCCCCCCCCCCCCCCCCCC)COP(=O)(O)OCC(O)CO. The zero-order valence-corrected chi connectivity index (χ0v) is 39.1. The molecule has 0 fully saturated rings. The summed E-state index contributed by atoms with van der Waals surface area (Å²) in [6.45, 7) is 3.52. The Morgan fingerprint density at radius 2 is 0.915 bits per heavy atom. The zero-order valence-electron chi connectivity index (χ0n) is 38.2. The Hall–Kier alpha value is -1.32. The van der Waals surface area contributed by atoms with Crippen molar-refractivity contribution in [2.24, 2.45) is 0 Å². The molecule has 0 bridgehead atoms. The first kappa shape index (κ1) is 57.7. The van der Waals surface area contributed by atoms with Gasteiger partial charge in [0.1, 0.15) is 12.2 Å². The summed E-state index contributed by atoms with van der Waals surface area (Å²) in [6, 6.07) is 0. The second kappa shape index (κ2) is 46.2. The van der Waals surface area contributed by atoms with Crippen molar-refractivity contribution in [2.75, 3.05) is 33.0 Å². The first-order valence-electron chi connectivity index (χ1n) is 24.5. The van der Waals surface area contributed by atoms with E-state index in [0.717, 1.165) is 51.4 Å². The monoisotopic (exact) mass is 857 g/mol. The fourth-order valence-electron chi connectivity index (χ4n) is 6.83. The molecule has 9 nitrogen and oxygen atoms in total. The van der Waals surface area contributed by atoms with Crippen molar-refractivity contribution in [1.29, 1.82) is 0 Å². The maximum Gasteiger partial charge on any atom is 0.472 e. The van der Waals surface area contributed by atoms with Gasteiger partial charge in [-0.05, 0) is 51.4 Å². The highest BCUT2D eigenvalue weighted by Crippen LogP contribution is 2.43. The fraction of sp³-hybridized carbons (Fsp3) is 0.857. The molecule has 0 aliphatic heterocycles. The number of hydrogen-bond donors (Lipinski definition) is 3. The van der Waals surface area contributed by atoms with E-state index in [1.807, 2.05) is 0 Å². The third-order valence-electron chi connectivity index (χ3n) is 10.6. The lowest BCUT2D eigenvalue weighted by Gasteiger charge is -2.20. The molecule has 3 atom stereocenters. The molecule has 0 aromatic carbocycles. The van der Waals surface area contributed by atoms with Crippen molar-refractivity contribution < 1.29 is 43.0 Å². The summed E-state index contributed by atoms with van der Waals surface area (Å²) < 4.78 is 33.5. The Bertz CT molecular complexity index is 1020. The second-order valence-electron chi connectivity index (χ2n) is 16.5. The summed E-state index contributed by atoms with van der Waals surface area (Å²) in [5.74, 6) is -0.391. The molecule has 10 heteroatoms. The summed E-state index contributed by atoms with van der Waals surface area (Å²) in [6.07, 6.45) is 51.0. The molecule has 0 aromatic heterocycles. The van der Waals surface area contributed by atoms with Crippen molar-refractivity contribution in [3.8, 4) is 0 Å². The molecule has 0 aliphatic rings. The third-order valence-corrected chi connectivity index (χ3v) is 11.5. The van der Waals surface area contributed by atoms with Crippen molar-refractivity contribution in [3.05, 3.63) is 36.5 Å². The van der Waals surface area contributed by atoms with Gasteiger partial charge in [-0.1, -0.05) is 204 Å². The number of aliphatic hydroxyl groups is 2. The molecule has 0 amide bonds. The first-order valence-corrected chi connectivity index (χ1v) is 26.0. The van der Waals surface area contributed by atoms with E-state index >= 15 is 0 Å². The number of allylic oxidation sites excluding steroid dienone is 6. The number of aliphatic hydroxyl groups excluding tert-OH is 2. The van der Waals surface area contributed by atoms with Crippen LogP contribution in [0.15, 0.2) is 36.5 Å². The van der Waals surface area contributed by atoms with E-state index in [9.17, 15) is 19.4 Å². The van der Waals surface area contributed by atoms with Crippen LogP contribution in [0.5, 0.6) is 0 Å². The van der Waals surface area contributed by atoms with Gasteiger partial charge in [0.05, 0.1) is 26.4 Å². The molecule has 0 saturated carbocycles. The lowest BCUT2D eigenvalue weighted by atomic mass is 10.0. The van der Waals surface area contributed by atoms with Gasteiger partial charge in [0, 0.05) is 13.0 Å². The highest BCUT2D eigenvalue weighted by atomic mass is 31.2. The minimum Gasteiger partial charge on any atom is -0.457 e. The predicted octanol–water partition coefficient (Wildman–Crippen LogP) is 14.0. The Kier molecular flexibility index (Phi) is 45.2. The number of carbonyl (C=O) groups is 1. The highest BCUT2D eigenvalue weighted by molar-refractivity contribution is 7.47. The van der Waals surface area contributed by atoms with Crippen LogP contribution in [0.4, 0.5) is 0 Å². The molecule has 0 spiro atoms. The minimum absolute atomic E-state index is 0.0469. The number of carbonyl (C=O) groups excluding carboxylic acids is 1. The third kappa shape index (κ3) is 46.0. The molecule has 0 aromatic rings. The van der Waals surface area contributed by atoms with Gasteiger partial charge in [0.2, 0.25) is 0 Å². The van der Waals surface area contributed by atoms with E-state index in [0.29, 0.717) is 13.0 Å². The lowest BCUT2D eigenvalue weighted by molar-refractivity contribution is -0.154. The molecule has 0 rings (SSSR count). The van der Waals surface area contributed by atoms with Crippen molar-refractivity contribution >= 4 is 13.8 Å². The second-order valence-corrected chi connectivity index (χ2v) is 17.9. The summed E-state index contributed by atoms with van der Waals surface area (Å²) in [5, 5.41) is 18.4. The van der Waals surface area contributed by atoms with Crippen LogP contribution in [0.25, 0.3) is 0 Å². The first-order chi connectivity index (χ1) is 28.8. The van der Waals surface area contributed by atoms with Gasteiger partial charge in [-0.3, -0.25) is 13.8 Å². The van der Waals surface area contributed by atoms with Crippen molar-refractivity contribution in [3.63, 3.8) is 0 Å². The molecule has 3 N–H and O–H groups in total. The molecule has 3 unspecified atom stereocenters. The Morgan fingerprint density at radius 1 is 0.525 bits per heavy atom. The Morgan fingerprint density at radius 3 is 1.41 bits per heavy atom. The average Bonchev–Trinajstić information content (AvgIpc) is 3.23. The van der Waals surface area contributed by atoms with E-state index in [1.54, 1.807) is 0 Å². The van der Waals surface area contributed by atoms with Gasteiger partial charge in [-0.25, -0.2) is 4.57 Å². The van der Waals surface area contributed by atoms with Crippen molar-refractivity contribution in [2.45, 2.75) is 238 Å². The number of unbranched alkanes of at least 4 members (excludes halogenated alkanes) is 27. The van der Waals surface area contributed by atoms with Gasteiger partial charge in [-0.2, -0.15) is 0 Å². The summed E-state index contributed by atoms with van der Waals surface area (Å²) in [5.41, 5.74) is 0. The van der Waals surface area contributed by atoms with Gasteiger partial charge >= 0.3 is 13.8 Å². The molecule has 0 radical (unpaired) electrons. The summed E-state index contributed by atoms with van der Waals surface area (Å²) in [7, 11) is -4.52. The minimum atomic E-state index is -4.52. The molecular weight excluding hydrogens is 764 g/mol. The zero-order chi connectivity index (χ0) is 43.2. The van der Waals surface area contributed by atoms with Crippen LogP contribution in [-0.2, 0) is 27.9 Å². The van der Waals surface area contributed by atoms with Crippen molar-refractivity contribution in [1.82, 2.24) is 0 Å². The number of ether oxygens (including phenoxy) is 2. The lowest BCUT2D eigenvalue weighted by Crippen LogP contribution is -2.29. The predicted molar refractivity (Wildman–Crippen MR) is 247 cm³/mol. The van der Waals surface area contributed by atoms with Gasteiger partial charge < -0.3 is 24.6 Å². The van der Waals surface area contributed by atoms with Crippen LogP contribution in [0, 0.1) is 0 Å². The van der Waals surface area contributed by atoms with Crippen LogP contribution in [0.3, 0.4) is 0 Å². The van der Waals surface area contributed by atoms with E-state index in [2.05, 4.69) is 50.3 Å². The highest BCUT2D eigenvalue weighted by Gasteiger charge is 2.26. The van der Waals surface area contributed by atoms with E-state index in [-0.39, 0.29) is 19.6 Å². The number of esters is 1. The quantitative estimate of drug-likeness (QED) is 0.0237. The molecule has 0 heterocycles. The molecule has 348 valence electrons. The molecule has 0 aliphatic carbocycles. The van der Waals surface area contributed by atoms with Crippen LogP contribution in [-0.4, -0.2) is 66.3 Å². The maximum absolute atomic E-state index is 12.7. The Labute approximate surface area is 363 Å². The maximum atomic E-state index is 12.7. The van der Waals surface area contributed by atoms with Gasteiger partial charge in [0.25, 0.3) is 0 Å².